The van der Waals surface area contributed by atoms with Crippen LogP contribution in [0.25, 0.3) is 0 Å². The van der Waals surface area contributed by atoms with E-state index in [0.717, 1.165) is 35.5 Å². The van der Waals surface area contributed by atoms with Crippen LogP contribution >= 0.6 is 11.3 Å². The fourth-order valence-corrected chi connectivity index (χ4v) is 4.48. The number of nitrogens with one attached hydrogen (secondary N) is 1. The summed E-state index contributed by atoms with van der Waals surface area (Å²) >= 11 is 1.67. The van der Waals surface area contributed by atoms with Crippen LogP contribution in [-0.2, 0) is 12.8 Å². The van der Waals surface area contributed by atoms with Gasteiger partial charge < -0.3 is 10.1 Å². The number of fused-ring (bicyclic) bond motifs is 2. The van der Waals surface area contributed by atoms with Crippen LogP contribution in [0.15, 0.2) is 30.3 Å². The first kappa shape index (κ1) is 13.8. The van der Waals surface area contributed by atoms with Crippen LogP contribution in [0.1, 0.15) is 51.0 Å². The molecule has 1 N–H and O–H groups in total. The van der Waals surface area contributed by atoms with E-state index in [4.69, 9.17) is 4.74 Å². The summed E-state index contributed by atoms with van der Waals surface area (Å²) < 4.78 is 5.66. The number of para-hydroxylation sites is 1. The molecular formula is C18H19NO2S. The first-order valence-electron chi connectivity index (χ1n) is 7.95. The third kappa shape index (κ3) is 2.52. The number of hydrogen-bond acceptors (Lipinski definition) is 3. The van der Waals surface area contributed by atoms with E-state index in [1.807, 2.05) is 24.3 Å². The summed E-state index contributed by atoms with van der Waals surface area (Å²) in [6, 6.07) is 10.1. The van der Waals surface area contributed by atoms with Gasteiger partial charge in [0.1, 0.15) is 5.75 Å². The molecule has 1 unspecified atom stereocenters. The molecule has 1 aromatic heterocycles. The van der Waals surface area contributed by atoms with Crippen LogP contribution in [0.2, 0.25) is 0 Å². The summed E-state index contributed by atoms with van der Waals surface area (Å²) in [5.41, 5.74) is 2.47. The van der Waals surface area contributed by atoms with Crippen LogP contribution in [0, 0.1) is 0 Å². The van der Waals surface area contributed by atoms with Gasteiger partial charge in [-0.2, -0.15) is 0 Å². The number of amides is 1. The van der Waals surface area contributed by atoms with Crippen molar-refractivity contribution in [3.8, 4) is 5.75 Å². The third-order valence-electron chi connectivity index (χ3n) is 4.48. The quantitative estimate of drug-likeness (QED) is 0.913. The molecule has 0 radical (unpaired) electrons. The Kier molecular flexibility index (Phi) is 3.62. The largest absolute Gasteiger partial charge is 0.493 e. The maximum absolute atomic E-state index is 12.6. The molecule has 4 heteroatoms. The van der Waals surface area contributed by atoms with Crippen molar-refractivity contribution < 1.29 is 9.53 Å². The van der Waals surface area contributed by atoms with Crippen molar-refractivity contribution in [2.75, 3.05) is 6.61 Å². The fraction of sp³-hybridized carbons (Fsp3) is 0.389. The molecule has 0 fully saturated rings. The van der Waals surface area contributed by atoms with E-state index in [0.29, 0.717) is 6.61 Å². The summed E-state index contributed by atoms with van der Waals surface area (Å²) in [5.74, 6) is 0.950. The van der Waals surface area contributed by atoms with E-state index in [1.54, 1.807) is 11.3 Å². The third-order valence-corrected chi connectivity index (χ3v) is 5.72. The van der Waals surface area contributed by atoms with Gasteiger partial charge in [-0.1, -0.05) is 18.2 Å². The van der Waals surface area contributed by atoms with E-state index in [1.165, 1.54) is 23.3 Å². The van der Waals surface area contributed by atoms with Gasteiger partial charge in [-0.3, -0.25) is 4.79 Å². The van der Waals surface area contributed by atoms with E-state index in [9.17, 15) is 4.79 Å². The Hall–Kier alpha value is -1.81. The van der Waals surface area contributed by atoms with Crippen LogP contribution in [0.3, 0.4) is 0 Å². The highest BCUT2D eigenvalue weighted by atomic mass is 32.1. The first-order chi connectivity index (χ1) is 10.8. The molecule has 2 heterocycles. The van der Waals surface area contributed by atoms with Gasteiger partial charge in [0.25, 0.3) is 5.91 Å². The van der Waals surface area contributed by atoms with Crippen LogP contribution < -0.4 is 10.1 Å². The zero-order valence-electron chi connectivity index (χ0n) is 12.4. The Bertz CT molecular complexity index is 683. The van der Waals surface area contributed by atoms with Crippen molar-refractivity contribution in [3.63, 3.8) is 0 Å². The number of ether oxygens (including phenoxy) is 1. The molecule has 0 saturated heterocycles. The van der Waals surface area contributed by atoms with E-state index >= 15 is 0 Å². The summed E-state index contributed by atoms with van der Waals surface area (Å²) in [7, 11) is 0. The molecule has 2 aliphatic rings. The molecule has 22 heavy (non-hydrogen) atoms. The average Bonchev–Trinajstić information content (AvgIpc) is 2.99. The minimum Gasteiger partial charge on any atom is -0.493 e. The standard InChI is InChI=1S/C18H19NO2S/c20-18(17-11-12-5-1-4-8-16(12)22-17)19-14-9-10-21-15-7-3-2-6-13(14)15/h2-3,6-7,11,14H,1,4-5,8-10H2,(H,19,20). The molecule has 1 aromatic carbocycles. The van der Waals surface area contributed by atoms with Crippen molar-refractivity contribution in [2.24, 2.45) is 0 Å². The lowest BCUT2D eigenvalue weighted by Gasteiger charge is -2.26. The molecular weight excluding hydrogens is 294 g/mol. The smallest absolute Gasteiger partial charge is 0.261 e. The fourth-order valence-electron chi connectivity index (χ4n) is 3.32. The van der Waals surface area contributed by atoms with E-state index in [-0.39, 0.29) is 11.9 Å². The zero-order valence-corrected chi connectivity index (χ0v) is 13.2. The van der Waals surface area contributed by atoms with Gasteiger partial charge in [0.15, 0.2) is 0 Å². The Morgan fingerprint density at radius 3 is 3.00 bits per heavy atom. The van der Waals surface area contributed by atoms with Crippen molar-refractivity contribution in [1.29, 1.82) is 0 Å². The molecule has 4 rings (SSSR count). The summed E-state index contributed by atoms with van der Waals surface area (Å²) in [4.78, 5) is 14.9. The van der Waals surface area contributed by atoms with Gasteiger partial charge in [0.2, 0.25) is 0 Å². The number of thiophene rings is 1. The Morgan fingerprint density at radius 1 is 1.23 bits per heavy atom. The number of hydrogen-bond donors (Lipinski definition) is 1. The minimum absolute atomic E-state index is 0.0524. The molecule has 0 saturated carbocycles. The van der Waals surface area contributed by atoms with Gasteiger partial charge in [-0.15, -0.1) is 11.3 Å². The number of aryl methyl sites for hydroxylation is 2. The maximum Gasteiger partial charge on any atom is 0.261 e. The second-order valence-corrected chi connectivity index (χ2v) is 7.10. The van der Waals surface area contributed by atoms with Gasteiger partial charge in [-0.05, 0) is 43.4 Å². The summed E-state index contributed by atoms with van der Waals surface area (Å²) in [6.45, 7) is 0.656. The molecule has 3 nitrogen and oxygen atoms in total. The van der Waals surface area contributed by atoms with Gasteiger partial charge in [0.05, 0.1) is 17.5 Å². The number of carbonyl (C=O) groups excluding carboxylic acids is 1. The normalized spacial score (nSPS) is 19.7. The molecule has 2 aromatic rings. The molecule has 0 bridgehead atoms. The van der Waals surface area contributed by atoms with Crippen LogP contribution in [0.5, 0.6) is 5.75 Å². The molecule has 1 aliphatic carbocycles. The monoisotopic (exact) mass is 313 g/mol. The van der Waals surface area contributed by atoms with E-state index < -0.39 is 0 Å². The number of benzene rings is 1. The van der Waals surface area contributed by atoms with Gasteiger partial charge in [-0.25, -0.2) is 0 Å². The average molecular weight is 313 g/mol. The Morgan fingerprint density at radius 2 is 2.09 bits per heavy atom. The lowest BCUT2D eigenvalue weighted by Crippen LogP contribution is -2.31. The number of rotatable bonds is 2. The Labute approximate surface area is 134 Å². The predicted octanol–water partition coefficient (Wildman–Crippen LogP) is 3.88. The lowest BCUT2D eigenvalue weighted by atomic mass is 9.99. The highest BCUT2D eigenvalue weighted by molar-refractivity contribution is 7.14. The van der Waals surface area contributed by atoms with Crippen molar-refractivity contribution in [2.45, 2.75) is 38.1 Å². The van der Waals surface area contributed by atoms with Crippen molar-refractivity contribution in [1.82, 2.24) is 5.32 Å². The predicted molar refractivity (Wildman–Crippen MR) is 87.7 cm³/mol. The summed E-state index contributed by atoms with van der Waals surface area (Å²) in [5, 5.41) is 3.19. The minimum atomic E-state index is 0.0524. The highest BCUT2D eigenvalue weighted by Crippen LogP contribution is 2.33. The van der Waals surface area contributed by atoms with Gasteiger partial charge in [0, 0.05) is 16.9 Å². The van der Waals surface area contributed by atoms with Crippen LogP contribution in [-0.4, -0.2) is 12.5 Å². The molecule has 0 spiro atoms. The van der Waals surface area contributed by atoms with Crippen molar-refractivity contribution in [3.05, 3.63) is 51.2 Å². The Balaban J connectivity index is 1.54. The number of carbonyl (C=O) groups is 1. The second kappa shape index (κ2) is 5.76. The summed E-state index contributed by atoms with van der Waals surface area (Å²) in [6.07, 6.45) is 5.58. The maximum atomic E-state index is 12.6. The highest BCUT2D eigenvalue weighted by Gasteiger charge is 2.24. The molecule has 114 valence electrons. The molecule has 1 amide bonds. The zero-order chi connectivity index (χ0) is 14.9. The van der Waals surface area contributed by atoms with Gasteiger partial charge >= 0.3 is 0 Å². The van der Waals surface area contributed by atoms with E-state index in [2.05, 4.69) is 11.4 Å². The SMILES string of the molecule is O=C(NC1CCOc2ccccc21)c1cc2c(s1)CCCC2. The lowest BCUT2D eigenvalue weighted by molar-refractivity contribution is 0.0929. The first-order valence-corrected chi connectivity index (χ1v) is 8.77. The van der Waals surface area contributed by atoms with Crippen LogP contribution in [0.4, 0.5) is 0 Å². The van der Waals surface area contributed by atoms with Crippen molar-refractivity contribution >= 4 is 17.2 Å². The second-order valence-electron chi connectivity index (χ2n) is 5.97. The topological polar surface area (TPSA) is 38.3 Å². The molecule has 1 atom stereocenters. The molecule has 1 aliphatic heterocycles.